The molecule has 0 fully saturated rings. The lowest BCUT2D eigenvalue weighted by Gasteiger charge is -2.10. The number of aromatic hydroxyl groups is 2. The highest BCUT2D eigenvalue weighted by molar-refractivity contribution is 5.97. The van der Waals surface area contributed by atoms with Crippen LogP contribution in [0, 0.1) is 0 Å². The number of phenols is 1. The molecule has 1 aromatic heterocycles. The number of methoxy groups -OCH3 is 1. The standard InChI is InChI=1S/C19H16N4O6/c1-29-12-8-6-11(7-9-12)23-18(27)14(16(25)21-19(23)28)10-20-22-17(26)13-4-2-3-5-15(13)24/h2-10,24,27H,1H3,(H,22,26)(H,21,25,28). The van der Waals surface area contributed by atoms with E-state index in [1.807, 2.05) is 0 Å². The molecule has 0 saturated heterocycles. The van der Waals surface area contributed by atoms with Crippen LogP contribution in [0.15, 0.2) is 63.2 Å². The first kappa shape index (κ1) is 19.4. The first-order valence-corrected chi connectivity index (χ1v) is 8.26. The summed E-state index contributed by atoms with van der Waals surface area (Å²) in [5.41, 5.74) is 0.294. The summed E-state index contributed by atoms with van der Waals surface area (Å²) in [5, 5.41) is 23.7. The summed E-state index contributed by atoms with van der Waals surface area (Å²) in [4.78, 5) is 38.3. The number of carbonyl (C=O) groups is 1. The molecule has 3 aromatic rings. The third-order valence-corrected chi connectivity index (χ3v) is 3.96. The number of amides is 1. The lowest BCUT2D eigenvalue weighted by atomic mass is 10.2. The molecule has 1 heterocycles. The van der Waals surface area contributed by atoms with Crippen LogP contribution in [0.3, 0.4) is 0 Å². The van der Waals surface area contributed by atoms with Crippen LogP contribution in [0.4, 0.5) is 0 Å². The smallest absolute Gasteiger partial charge is 0.335 e. The van der Waals surface area contributed by atoms with Gasteiger partial charge in [-0.25, -0.2) is 14.8 Å². The minimum atomic E-state index is -0.891. The van der Waals surface area contributed by atoms with Gasteiger partial charge in [0.1, 0.15) is 17.1 Å². The number of rotatable bonds is 5. The number of carbonyl (C=O) groups excluding carboxylic acids is 1. The maximum atomic E-state index is 12.1. The number of phenolic OH excluding ortho intramolecular Hbond substituents is 1. The number of ether oxygens (including phenoxy) is 1. The maximum absolute atomic E-state index is 12.1. The number of nitrogens with zero attached hydrogens (tertiary/aromatic N) is 2. The minimum Gasteiger partial charge on any atom is -0.507 e. The highest BCUT2D eigenvalue weighted by atomic mass is 16.5. The van der Waals surface area contributed by atoms with Crippen molar-refractivity contribution in [2.24, 2.45) is 5.10 Å². The largest absolute Gasteiger partial charge is 0.507 e. The number of benzene rings is 2. The van der Waals surface area contributed by atoms with Crippen molar-refractivity contribution < 1.29 is 19.7 Å². The second-order valence-corrected chi connectivity index (χ2v) is 5.75. The van der Waals surface area contributed by atoms with E-state index in [-0.39, 0.29) is 22.6 Å². The molecule has 0 radical (unpaired) electrons. The zero-order valence-corrected chi connectivity index (χ0v) is 15.1. The van der Waals surface area contributed by atoms with E-state index in [1.165, 1.54) is 31.4 Å². The first-order chi connectivity index (χ1) is 13.9. The van der Waals surface area contributed by atoms with E-state index in [0.29, 0.717) is 5.75 Å². The lowest BCUT2D eigenvalue weighted by Crippen LogP contribution is -2.31. The predicted octanol–water partition coefficient (Wildman–Crippen LogP) is 0.709. The van der Waals surface area contributed by atoms with Gasteiger partial charge in [-0.3, -0.25) is 14.6 Å². The van der Waals surface area contributed by atoms with E-state index in [9.17, 15) is 24.6 Å². The van der Waals surface area contributed by atoms with Gasteiger partial charge in [0.2, 0.25) is 5.88 Å². The SMILES string of the molecule is COc1ccc(-n2c(O)c(C=NNC(=O)c3ccccc3O)c(=O)[nH]c2=O)cc1. The molecule has 0 aliphatic heterocycles. The summed E-state index contributed by atoms with van der Waals surface area (Å²) in [6, 6.07) is 12.0. The van der Waals surface area contributed by atoms with Crippen molar-refractivity contribution in [2.45, 2.75) is 0 Å². The summed E-state index contributed by atoms with van der Waals surface area (Å²) in [7, 11) is 1.48. The van der Waals surface area contributed by atoms with Gasteiger partial charge in [0, 0.05) is 0 Å². The summed E-state index contributed by atoms with van der Waals surface area (Å²) < 4.78 is 5.91. The van der Waals surface area contributed by atoms with E-state index in [0.717, 1.165) is 10.8 Å². The third-order valence-electron chi connectivity index (χ3n) is 3.96. The highest BCUT2D eigenvalue weighted by Gasteiger charge is 2.15. The van der Waals surface area contributed by atoms with Crippen molar-refractivity contribution in [2.75, 3.05) is 7.11 Å². The zero-order valence-electron chi connectivity index (χ0n) is 15.1. The van der Waals surface area contributed by atoms with Gasteiger partial charge in [0.25, 0.3) is 11.5 Å². The van der Waals surface area contributed by atoms with Gasteiger partial charge >= 0.3 is 5.69 Å². The van der Waals surface area contributed by atoms with E-state index >= 15 is 0 Å². The van der Waals surface area contributed by atoms with E-state index in [2.05, 4.69) is 15.5 Å². The molecule has 1 amide bonds. The zero-order chi connectivity index (χ0) is 21.0. The van der Waals surface area contributed by atoms with Gasteiger partial charge in [0.15, 0.2) is 0 Å². The first-order valence-electron chi connectivity index (χ1n) is 8.26. The lowest BCUT2D eigenvalue weighted by molar-refractivity contribution is 0.0952. The van der Waals surface area contributed by atoms with E-state index < -0.39 is 23.0 Å². The number of hydrazone groups is 1. The molecule has 0 bridgehead atoms. The topological polar surface area (TPSA) is 146 Å². The van der Waals surface area contributed by atoms with Crippen molar-refractivity contribution in [3.05, 3.63) is 80.5 Å². The molecule has 0 unspecified atom stereocenters. The molecular formula is C19H16N4O6. The van der Waals surface area contributed by atoms with Crippen molar-refractivity contribution >= 4 is 12.1 Å². The normalized spacial score (nSPS) is 10.8. The Bertz CT molecular complexity index is 1190. The Morgan fingerprint density at radius 2 is 1.83 bits per heavy atom. The summed E-state index contributed by atoms with van der Waals surface area (Å²) in [6.07, 6.45) is 0.894. The Morgan fingerprint density at radius 1 is 1.14 bits per heavy atom. The fraction of sp³-hybridized carbons (Fsp3) is 0.0526. The van der Waals surface area contributed by atoms with Crippen molar-refractivity contribution in [3.8, 4) is 23.1 Å². The van der Waals surface area contributed by atoms with Crippen molar-refractivity contribution in [3.63, 3.8) is 0 Å². The van der Waals surface area contributed by atoms with E-state index in [1.54, 1.807) is 24.3 Å². The Hall–Kier alpha value is -4.34. The predicted molar refractivity (Wildman–Crippen MR) is 104 cm³/mol. The molecule has 10 heteroatoms. The Kier molecular flexibility index (Phi) is 5.44. The number of hydrogen-bond acceptors (Lipinski definition) is 7. The second kappa shape index (κ2) is 8.13. The number of H-pyrrole nitrogens is 1. The minimum absolute atomic E-state index is 0.0222. The molecule has 10 nitrogen and oxygen atoms in total. The number of hydrogen-bond donors (Lipinski definition) is 4. The van der Waals surface area contributed by atoms with Gasteiger partial charge < -0.3 is 14.9 Å². The molecule has 0 aliphatic rings. The molecule has 29 heavy (non-hydrogen) atoms. The van der Waals surface area contributed by atoms with Crippen LogP contribution in [0.1, 0.15) is 15.9 Å². The highest BCUT2D eigenvalue weighted by Crippen LogP contribution is 2.18. The van der Waals surface area contributed by atoms with Crippen LogP contribution in [-0.4, -0.2) is 39.0 Å². The monoisotopic (exact) mass is 396 g/mol. The fourth-order valence-corrected chi connectivity index (χ4v) is 2.51. The van der Waals surface area contributed by atoms with Gasteiger partial charge in [0.05, 0.1) is 24.6 Å². The molecule has 0 spiro atoms. The molecular weight excluding hydrogens is 380 g/mol. The number of aromatic nitrogens is 2. The molecule has 0 aliphatic carbocycles. The maximum Gasteiger partial charge on any atom is 0.335 e. The van der Waals surface area contributed by atoms with Crippen molar-refractivity contribution in [1.82, 2.24) is 15.0 Å². The van der Waals surface area contributed by atoms with E-state index in [4.69, 9.17) is 4.74 Å². The summed E-state index contributed by atoms with van der Waals surface area (Å²) in [5.74, 6) is -1.09. The van der Waals surface area contributed by atoms with Crippen LogP contribution in [-0.2, 0) is 0 Å². The van der Waals surface area contributed by atoms with Gasteiger partial charge in [-0.2, -0.15) is 5.10 Å². The van der Waals surface area contributed by atoms with Gasteiger partial charge in [-0.05, 0) is 36.4 Å². The average molecular weight is 396 g/mol. The molecule has 148 valence electrons. The van der Waals surface area contributed by atoms with Crippen LogP contribution in [0.25, 0.3) is 5.69 Å². The van der Waals surface area contributed by atoms with Crippen molar-refractivity contribution in [1.29, 1.82) is 0 Å². The molecule has 0 atom stereocenters. The summed E-state index contributed by atoms with van der Waals surface area (Å²) >= 11 is 0. The Balaban J connectivity index is 1.92. The Labute approximate surface area is 163 Å². The van der Waals surface area contributed by atoms with Crippen LogP contribution in [0.2, 0.25) is 0 Å². The molecule has 3 rings (SSSR count). The fourth-order valence-electron chi connectivity index (χ4n) is 2.51. The summed E-state index contributed by atoms with van der Waals surface area (Å²) in [6.45, 7) is 0. The molecule has 0 saturated carbocycles. The van der Waals surface area contributed by atoms with Crippen LogP contribution < -0.4 is 21.4 Å². The second-order valence-electron chi connectivity index (χ2n) is 5.75. The van der Waals surface area contributed by atoms with Gasteiger partial charge in [-0.1, -0.05) is 12.1 Å². The quantitative estimate of drug-likeness (QED) is 0.369. The van der Waals surface area contributed by atoms with Crippen LogP contribution in [0.5, 0.6) is 17.4 Å². The number of para-hydroxylation sites is 1. The third kappa shape index (κ3) is 4.00. The average Bonchev–Trinajstić information content (AvgIpc) is 2.71. The van der Waals surface area contributed by atoms with Gasteiger partial charge in [-0.15, -0.1) is 0 Å². The number of aromatic amines is 1. The Morgan fingerprint density at radius 3 is 2.48 bits per heavy atom. The van der Waals surface area contributed by atoms with Crippen LogP contribution >= 0.6 is 0 Å². The molecule has 2 aromatic carbocycles. The number of nitrogens with one attached hydrogen (secondary N) is 2. The molecule has 4 N–H and O–H groups in total.